The number of hydrogen-bond donors (Lipinski definition) is 0. The zero-order chi connectivity index (χ0) is 16.7. The highest BCUT2D eigenvalue weighted by molar-refractivity contribution is 5.69. The van der Waals surface area contributed by atoms with Gasteiger partial charge in [0.05, 0.1) is 0 Å². The van der Waals surface area contributed by atoms with E-state index in [1.54, 1.807) is 0 Å². The van der Waals surface area contributed by atoms with Crippen molar-refractivity contribution in [2.45, 2.75) is 33.1 Å². The van der Waals surface area contributed by atoms with Gasteiger partial charge in [-0.25, -0.2) is 0 Å². The molecule has 0 spiro atoms. The molecular formula is C22H28. The van der Waals surface area contributed by atoms with E-state index in [4.69, 9.17) is 0 Å². The lowest BCUT2D eigenvalue weighted by atomic mass is 9.76. The normalized spacial score (nSPS) is 22.6. The van der Waals surface area contributed by atoms with E-state index < -0.39 is 0 Å². The fourth-order valence-corrected chi connectivity index (χ4v) is 2.73. The molecule has 0 bridgehead atoms. The second-order valence-corrected chi connectivity index (χ2v) is 5.81. The standard InChI is InChI=1S/C22H28/c1-8-12-20-15-21(13-9-2)22(18(7)17(20)6)19(11-4)14-16(5)10-3/h8-9,11-13,16H,1-2,4,6-7,10,14-15H2,3,5H3/b20-12-,21-13-,22-19-. The molecule has 0 amide bonds. The van der Waals surface area contributed by atoms with Crippen molar-refractivity contribution in [1.82, 2.24) is 0 Å². The SMILES string of the molecule is C=C/C=C1/CC(=C/C=C)/C(=C(/C=C)CC(C)CC)C(=C)C1=C. The molecule has 0 heteroatoms. The summed E-state index contributed by atoms with van der Waals surface area (Å²) in [6.45, 7) is 24.7. The molecular weight excluding hydrogens is 264 g/mol. The predicted octanol–water partition coefficient (Wildman–Crippen LogP) is 6.65. The first-order chi connectivity index (χ1) is 10.5. The molecule has 0 saturated heterocycles. The van der Waals surface area contributed by atoms with Crippen molar-refractivity contribution in [2.75, 3.05) is 0 Å². The molecule has 1 saturated carbocycles. The molecule has 1 aliphatic carbocycles. The van der Waals surface area contributed by atoms with Gasteiger partial charge < -0.3 is 0 Å². The van der Waals surface area contributed by atoms with Crippen molar-refractivity contribution in [3.63, 3.8) is 0 Å². The van der Waals surface area contributed by atoms with Gasteiger partial charge in [0.15, 0.2) is 0 Å². The van der Waals surface area contributed by atoms with Gasteiger partial charge in [-0.15, -0.1) is 0 Å². The van der Waals surface area contributed by atoms with Crippen LogP contribution in [0, 0.1) is 5.92 Å². The lowest BCUT2D eigenvalue weighted by Crippen LogP contribution is -2.11. The second-order valence-electron chi connectivity index (χ2n) is 5.81. The average Bonchev–Trinajstić information content (AvgIpc) is 2.51. The Hall–Kier alpha value is -2.08. The van der Waals surface area contributed by atoms with Crippen molar-refractivity contribution in [3.05, 3.63) is 96.7 Å². The first-order valence-corrected chi connectivity index (χ1v) is 7.88. The molecule has 116 valence electrons. The second kappa shape index (κ2) is 8.38. The van der Waals surface area contributed by atoms with Crippen molar-refractivity contribution in [1.29, 1.82) is 0 Å². The Labute approximate surface area is 136 Å². The summed E-state index contributed by atoms with van der Waals surface area (Å²) in [5, 5.41) is 0. The van der Waals surface area contributed by atoms with Crippen LogP contribution < -0.4 is 0 Å². The zero-order valence-corrected chi connectivity index (χ0v) is 14.1. The van der Waals surface area contributed by atoms with E-state index in [-0.39, 0.29) is 0 Å². The Morgan fingerprint density at radius 1 is 1.05 bits per heavy atom. The summed E-state index contributed by atoms with van der Waals surface area (Å²) in [5.41, 5.74) is 6.85. The smallest absolute Gasteiger partial charge is 0.00136 e. The topological polar surface area (TPSA) is 0 Å². The Balaban J connectivity index is 3.44. The number of rotatable bonds is 6. The van der Waals surface area contributed by atoms with Crippen LogP contribution in [0.15, 0.2) is 96.7 Å². The van der Waals surface area contributed by atoms with E-state index in [9.17, 15) is 0 Å². The monoisotopic (exact) mass is 292 g/mol. The maximum absolute atomic E-state index is 4.29. The van der Waals surface area contributed by atoms with Crippen LogP contribution in [0.1, 0.15) is 33.1 Å². The third-order valence-corrected chi connectivity index (χ3v) is 4.23. The van der Waals surface area contributed by atoms with Crippen molar-refractivity contribution in [2.24, 2.45) is 5.92 Å². The molecule has 22 heavy (non-hydrogen) atoms. The maximum atomic E-state index is 4.29. The van der Waals surface area contributed by atoms with E-state index in [0.717, 1.165) is 30.4 Å². The molecule has 0 aliphatic heterocycles. The molecule has 0 radical (unpaired) electrons. The first-order valence-electron chi connectivity index (χ1n) is 7.88. The molecule has 1 fully saturated rings. The van der Waals surface area contributed by atoms with Gasteiger partial charge in [0.25, 0.3) is 0 Å². The van der Waals surface area contributed by atoms with Gasteiger partial charge in [-0.1, -0.05) is 83.5 Å². The summed E-state index contributed by atoms with van der Waals surface area (Å²) < 4.78 is 0. The number of allylic oxidation sites excluding steroid dienone is 11. The highest BCUT2D eigenvalue weighted by atomic mass is 14.3. The lowest BCUT2D eigenvalue weighted by Gasteiger charge is -2.28. The maximum Gasteiger partial charge on any atom is -0.00136 e. The fraction of sp³-hybridized carbons (Fsp3) is 0.273. The number of hydrogen-bond acceptors (Lipinski definition) is 0. The van der Waals surface area contributed by atoms with Crippen molar-refractivity contribution >= 4 is 0 Å². The van der Waals surface area contributed by atoms with E-state index in [2.05, 4.69) is 52.8 Å². The van der Waals surface area contributed by atoms with Gasteiger partial charge in [-0.2, -0.15) is 0 Å². The summed E-state index contributed by atoms with van der Waals surface area (Å²) in [6.07, 6.45) is 12.7. The summed E-state index contributed by atoms with van der Waals surface area (Å²) in [6, 6.07) is 0. The largest absolute Gasteiger partial charge is 0.0991 e. The lowest BCUT2D eigenvalue weighted by molar-refractivity contribution is 0.561. The molecule has 0 nitrogen and oxygen atoms in total. The summed E-state index contributed by atoms with van der Waals surface area (Å²) in [4.78, 5) is 0. The van der Waals surface area contributed by atoms with Crippen molar-refractivity contribution < 1.29 is 0 Å². The first kappa shape index (κ1) is 18.0. The molecule has 1 unspecified atom stereocenters. The Kier molecular flexibility index (Phi) is 6.85. The summed E-state index contributed by atoms with van der Waals surface area (Å²) >= 11 is 0. The minimum Gasteiger partial charge on any atom is -0.0991 e. The zero-order valence-electron chi connectivity index (χ0n) is 14.1. The molecule has 0 aromatic rings. The molecule has 0 aromatic carbocycles. The summed E-state index contributed by atoms with van der Waals surface area (Å²) in [7, 11) is 0. The van der Waals surface area contributed by atoms with E-state index in [1.807, 2.05) is 24.3 Å². The minimum atomic E-state index is 0.622. The van der Waals surface area contributed by atoms with Gasteiger partial charge in [0.2, 0.25) is 0 Å². The van der Waals surface area contributed by atoms with Crippen LogP contribution in [-0.4, -0.2) is 0 Å². The Bertz CT molecular complexity index is 588. The predicted molar refractivity (Wildman–Crippen MR) is 101 cm³/mol. The highest BCUT2D eigenvalue weighted by Gasteiger charge is 2.24. The van der Waals surface area contributed by atoms with Crippen LogP contribution in [0.3, 0.4) is 0 Å². The van der Waals surface area contributed by atoms with Gasteiger partial charge in [0, 0.05) is 0 Å². The van der Waals surface area contributed by atoms with E-state index in [1.165, 1.54) is 22.3 Å². The molecule has 1 atom stereocenters. The van der Waals surface area contributed by atoms with Gasteiger partial charge >= 0.3 is 0 Å². The third kappa shape index (κ3) is 3.98. The van der Waals surface area contributed by atoms with Gasteiger partial charge in [-0.3, -0.25) is 0 Å². The van der Waals surface area contributed by atoms with Crippen LogP contribution in [-0.2, 0) is 0 Å². The van der Waals surface area contributed by atoms with Gasteiger partial charge in [0.1, 0.15) is 0 Å². The van der Waals surface area contributed by atoms with Crippen LogP contribution >= 0.6 is 0 Å². The Morgan fingerprint density at radius 2 is 1.64 bits per heavy atom. The molecule has 0 aromatic heterocycles. The highest BCUT2D eigenvalue weighted by Crippen LogP contribution is 2.42. The average molecular weight is 292 g/mol. The van der Waals surface area contributed by atoms with Crippen LogP contribution in [0.25, 0.3) is 0 Å². The molecule has 0 heterocycles. The minimum absolute atomic E-state index is 0.622. The fourth-order valence-electron chi connectivity index (χ4n) is 2.73. The quantitative estimate of drug-likeness (QED) is 0.514. The van der Waals surface area contributed by atoms with Crippen LogP contribution in [0.5, 0.6) is 0 Å². The summed E-state index contributed by atoms with van der Waals surface area (Å²) in [5.74, 6) is 0.622. The van der Waals surface area contributed by atoms with Crippen molar-refractivity contribution in [3.8, 4) is 0 Å². The van der Waals surface area contributed by atoms with Gasteiger partial charge in [-0.05, 0) is 52.2 Å². The molecule has 1 rings (SSSR count). The van der Waals surface area contributed by atoms with E-state index in [0.29, 0.717) is 5.92 Å². The molecule has 1 aliphatic rings. The molecule has 0 N–H and O–H groups in total. The van der Waals surface area contributed by atoms with Crippen LogP contribution in [0.2, 0.25) is 0 Å². The van der Waals surface area contributed by atoms with Crippen LogP contribution in [0.4, 0.5) is 0 Å². The van der Waals surface area contributed by atoms with E-state index >= 15 is 0 Å². The Morgan fingerprint density at radius 3 is 2.14 bits per heavy atom. The third-order valence-electron chi connectivity index (χ3n) is 4.23.